The molecule has 0 fully saturated rings. The molecule has 0 unspecified atom stereocenters. The summed E-state index contributed by atoms with van der Waals surface area (Å²) in [4.78, 5) is 11.8. The molecular weight excluding hydrogens is 254 g/mol. The van der Waals surface area contributed by atoms with Crippen molar-refractivity contribution in [2.45, 2.75) is 13.3 Å². The van der Waals surface area contributed by atoms with E-state index in [9.17, 15) is 4.79 Å². The first-order chi connectivity index (χ1) is 9.20. The molecule has 2 rings (SSSR count). The van der Waals surface area contributed by atoms with Crippen molar-refractivity contribution in [1.82, 2.24) is 0 Å². The molecule has 2 nitrogen and oxygen atoms in total. The molecule has 2 N–H and O–H groups in total. The zero-order chi connectivity index (χ0) is 13.7. The van der Waals surface area contributed by atoms with Crippen LogP contribution >= 0.6 is 11.8 Å². The van der Waals surface area contributed by atoms with E-state index >= 15 is 0 Å². The van der Waals surface area contributed by atoms with Gasteiger partial charge in [-0.2, -0.15) is 0 Å². The van der Waals surface area contributed by atoms with Crippen molar-refractivity contribution in [2.75, 3.05) is 11.5 Å². The van der Waals surface area contributed by atoms with Gasteiger partial charge in [-0.15, -0.1) is 0 Å². The smallest absolute Gasteiger partial charge is 0.219 e. The number of rotatable bonds is 4. The first kappa shape index (κ1) is 13.7. The number of hydrogen-bond donors (Lipinski definition) is 1. The van der Waals surface area contributed by atoms with Gasteiger partial charge < -0.3 is 5.73 Å². The van der Waals surface area contributed by atoms with Crippen molar-refractivity contribution in [1.29, 1.82) is 0 Å². The summed E-state index contributed by atoms with van der Waals surface area (Å²) >= 11 is 1.31. The molecule has 0 saturated carbocycles. The predicted molar refractivity (Wildman–Crippen MR) is 82.6 cm³/mol. The Labute approximate surface area is 118 Å². The second kappa shape index (κ2) is 6.43. The molecule has 0 aliphatic heterocycles. The number of nitrogen functional groups attached to an aromatic ring is 1. The van der Waals surface area contributed by atoms with E-state index in [2.05, 4.69) is 12.1 Å². The molecule has 2 aromatic rings. The minimum atomic E-state index is 0.0838. The quantitative estimate of drug-likeness (QED) is 0.861. The molecule has 0 bridgehead atoms. The molecule has 0 aromatic heterocycles. The molecule has 3 heteroatoms. The van der Waals surface area contributed by atoms with Crippen LogP contribution in [0.1, 0.15) is 28.4 Å². The van der Waals surface area contributed by atoms with Gasteiger partial charge >= 0.3 is 0 Å². The number of anilines is 1. The van der Waals surface area contributed by atoms with Gasteiger partial charge in [-0.25, -0.2) is 0 Å². The third-order valence-electron chi connectivity index (χ3n) is 2.89. The molecule has 19 heavy (non-hydrogen) atoms. The Hall–Kier alpha value is -1.74. The van der Waals surface area contributed by atoms with Crippen LogP contribution in [-0.4, -0.2) is 10.9 Å². The molecule has 0 atom stereocenters. The van der Waals surface area contributed by atoms with Gasteiger partial charge in [0, 0.05) is 11.3 Å². The molecule has 0 radical (unpaired) electrons. The number of thioether (sulfide) groups is 1. The molecule has 98 valence electrons. The largest absolute Gasteiger partial charge is 0.398 e. The van der Waals surface area contributed by atoms with Gasteiger partial charge in [0.1, 0.15) is 0 Å². The molecule has 0 aliphatic carbocycles. The van der Waals surface area contributed by atoms with Crippen LogP contribution in [0.3, 0.4) is 0 Å². The highest BCUT2D eigenvalue weighted by atomic mass is 32.2. The predicted octanol–water partition coefficient (Wildman–Crippen LogP) is 3.75. The van der Waals surface area contributed by atoms with E-state index in [-0.39, 0.29) is 5.12 Å². The average Bonchev–Trinajstić information content (AvgIpc) is 2.42. The summed E-state index contributed by atoms with van der Waals surface area (Å²) in [5.41, 5.74) is 9.69. The lowest BCUT2D eigenvalue weighted by Gasteiger charge is -2.08. The Balaban J connectivity index is 2.18. The average molecular weight is 271 g/mol. The van der Waals surface area contributed by atoms with Gasteiger partial charge in [-0.3, -0.25) is 4.79 Å². The summed E-state index contributed by atoms with van der Waals surface area (Å²) in [5, 5.41) is 0.0838. The highest BCUT2D eigenvalue weighted by Gasteiger charge is 2.08. The summed E-state index contributed by atoms with van der Waals surface area (Å²) < 4.78 is 0. The summed E-state index contributed by atoms with van der Waals surface area (Å²) in [7, 11) is 0. The first-order valence-corrected chi connectivity index (χ1v) is 7.28. The molecule has 0 heterocycles. The van der Waals surface area contributed by atoms with E-state index < -0.39 is 0 Å². The van der Waals surface area contributed by atoms with Gasteiger partial charge in [0.05, 0.1) is 0 Å². The summed E-state index contributed by atoms with van der Waals surface area (Å²) in [6, 6.07) is 15.8. The molecular formula is C16H17NOS. The van der Waals surface area contributed by atoms with Crippen LogP contribution in [0, 0.1) is 0 Å². The Morgan fingerprint density at radius 3 is 2.53 bits per heavy atom. The number of hydrogen-bond acceptors (Lipinski definition) is 3. The van der Waals surface area contributed by atoms with Crippen LogP contribution < -0.4 is 5.73 Å². The third-order valence-corrected chi connectivity index (χ3v) is 3.68. The topological polar surface area (TPSA) is 43.1 Å². The minimum Gasteiger partial charge on any atom is -0.398 e. The maximum atomic E-state index is 11.8. The van der Waals surface area contributed by atoms with Gasteiger partial charge in [0.15, 0.2) is 0 Å². The van der Waals surface area contributed by atoms with Gasteiger partial charge in [-0.1, -0.05) is 61.2 Å². The van der Waals surface area contributed by atoms with E-state index in [0.717, 1.165) is 17.7 Å². The van der Waals surface area contributed by atoms with Crippen molar-refractivity contribution in [2.24, 2.45) is 0 Å². The maximum absolute atomic E-state index is 11.8. The fourth-order valence-corrected chi connectivity index (χ4v) is 2.47. The minimum absolute atomic E-state index is 0.0838. The van der Waals surface area contributed by atoms with Gasteiger partial charge in [0.25, 0.3) is 0 Å². The number of carbonyl (C=O) groups is 1. The molecule has 0 saturated heterocycles. The zero-order valence-electron chi connectivity index (χ0n) is 10.9. The van der Waals surface area contributed by atoms with E-state index in [1.165, 1.54) is 17.3 Å². The Morgan fingerprint density at radius 2 is 1.89 bits per heavy atom. The Bertz CT molecular complexity index is 566. The fraction of sp³-hybridized carbons (Fsp3) is 0.188. The lowest BCUT2D eigenvalue weighted by molar-refractivity contribution is 0.108. The molecule has 2 aromatic carbocycles. The van der Waals surface area contributed by atoms with Crippen LogP contribution in [0.25, 0.3) is 0 Å². The lowest BCUT2D eigenvalue weighted by atomic mass is 10.0. The second-order valence-corrected chi connectivity index (χ2v) is 5.53. The van der Waals surface area contributed by atoms with E-state index in [0.29, 0.717) is 11.3 Å². The highest BCUT2D eigenvalue weighted by molar-refractivity contribution is 8.14. The number of carbonyl (C=O) groups excluding carboxylic acids is 1. The van der Waals surface area contributed by atoms with Crippen LogP contribution in [0.15, 0.2) is 48.5 Å². The number of benzene rings is 2. The third kappa shape index (κ3) is 3.61. The Kier molecular flexibility index (Phi) is 4.63. The van der Waals surface area contributed by atoms with Crippen molar-refractivity contribution in [3.8, 4) is 0 Å². The molecule has 0 spiro atoms. The van der Waals surface area contributed by atoms with E-state index in [1.54, 1.807) is 6.07 Å². The molecule has 0 aliphatic rings. The SMILES string of the molecule is CCSC(=O)c1ccc(Cc2ccccc2)c(N)c1. The highest BCUT2D eigenvalue weighted by Crippen LogP contribution is 2.21. The summed E-state index contributed by atoms with van der Waals surface area (Å²) in [6.07, 6.45) is 0.794. The van der Waals surface area contributed by atoms with Crippen molar-refractivity contribution in [3.63, 3.8) is 0 Å². The standard InChI is InChI=1S/C16H17NOS/c1-2-19-16(18)14-9-8-13(15(17)11-14)10-12-6-4-3-5-7-12/h3-9,11H,2,10,17H2,1H3. The van der Waals surface area contributed by atoms with Crippen molar-refractivity contribution >= 4 is 22.6 Å². The normalized spacial score (nSPS) is 10.4. The summed E-state index contributed by atoms with van der Waals surface area (Å²) in [6.45, 7) is 1.97. The fourth-order valence-electron chi connectivity index (χ4n) is 1.91. The van der Waals surface area contributed by atoms with Gasteiger partial charge in [-0.05, 0) is 29.4 Å². The summed E-state index contributed by atoms with van der Waals surface area (Å²) in [5.74, 6) is 0.782. The van der Waals surface area contributed by atoms with Crippen LogP contribution in [0.2, 0.25) is 0 Å². The van der Waals surface area contributed by atoms with Crippen molar-refractivity contribution < 1.29 is 4.79 Å². The van der Waals surface area contributed by atoms with Gasteiger partial charge in [0.2, 0.25) is 5.12 Å². The van der Waals surface area contributed by atoms with Crippen LogP contribution in [0.4, 0.5) is 5.69 Å². The molecule has 0 amide bonds. The van der Waals surface area contributed by atoms with E-state index in [4.69, 9.17) is 5.73 Å². The van der Waals surface area contributed by atoms with Crippen LogP contribution in [0.5, 0.6) is 0 Å². The first-order valence-electron chi connectivity index (χ1n) is 6.30. The van der Waals surface area contributed by atoms with Crippen molar-refractivity contribution in [3.05, 3.63) is 65.2 Å². The second-order valence-electron chi connectivity index (χ2n) is 4.30. The monoisotopic (exact) mass is 271 g/mol. The number of nitrogens with two attached hydrogens (primary N) is 1. The Morgan fingerprint density at radius 1 is 1.16 bits per heavy atom. The lowest BCUT2D eigenvalue weighted by Crippen LogP contribution is -2.00. The van der Waals surface area contributed by atoms with Crippen LogP contribution in [-0.2, 0) is 6.42 Å². The zero-order valence-corrected chi connectivity index (χ0v) is 11.7. The maximum Gasteiger partial charge on any atom is 0.219 e. The van der Waals surface area contributed by atoms with E-state index in [1.807, 2.05) is 37.3 Å².